The summed E-state index contributed by atoms with van der Waals surface area (Å²) in [4.78, 5) is 23.8. The minimum absolute atomic E-state index is 0.0845. The van der Waals surface area contributed by atoms with Crippen molar-refractivity contribution >= 4 is 22.1 Å². The van der Waals surface area contributed by atoms with E-state index in [-0.39, 0.29) is 18.7 Å². The number of carbonyl (C=O) groups excluding carboxylic acids is 2. The van der Waals surface area contributed by atoms with Crippen LogP contribution in [-0.2, 0) is 29.2 Å². The summed E-state index contributed by atoms with van der Waals surface area (Å²) in [5.74, 6) is -1.31. The van der Waals surface area contributed by atoms with Crippen LogP contribution in [0.3, 0.4) is 0 Å². The maximum atomic E-state index is 12.1. The summed E-state index contributed by atoms with van der Waals surface area (Å²) >= 11 is 0. The monoisotopic (exact) mass is 628 g/mol. The molecule has 7 nitrogen and oxygen atoms in total. The first-order valence-corrected chi connectivity index (χ1v) is 18.9. The van der Waals surface area contributed by atoms with Gasteiger partial charge in [0.05, 0.1) is 6.10 Å². The second-order valence-corrected chi connectivity index (χ2v) is 13.7. The summed E-state index contributed by atoms with van der Waals surface area (Å²) in [6, 6.07) is 0. The lowest BCUT2D eigenvalue weighted by Gasteiger charge is -2.13. The molecule has 0 aromatic rings. The van der Waals surface area contributed by atoms with Gasteiger partial charge in [-0.2, -0.15) is 8.42 Å². The van der Waals surface area contributed by atoms with Crippen LogP contribution in [0.4, 0.5) is 0 Å². The molecule has 0 rings (SSSR count). The van der Waals surface area contributed by atoms with Gasteiger partial charge in [-0.05, 0) is 71.6 Å². The van der Waals surface area contributed by atoms with Crippen molar-refractivity contribution in [2.24, 2.45) is 0 Å². The highest BCUT2D eigenvalue weighted by Crippen LogP contribution is 2.15. The van der Waals surface area contributed by atoms with Crippen molar-refractivity contribution in [3.8, 4) is 0 Å². The van der Waals surface area contributed by atoms with Crippen molar-refractivity contribution < 1.29 is 32.0 Å². The van der Waals surface area contributed by atoms with Gasteiger partial charge in [0.15, 0.2) is 0 Å². The molecule has 1 N–H and O–H groups in total. The molecule has 0 heterocycles. The van der Waals surface area contributed by atoms with E-state index >= 15 is 0 Å². The second-order valence-electron chi connectivity index (χ2n) is 12.1. The highest BCUT2D eigenvalue weighted by molar-refractivity contribution is 7.85. The fourth-order valence-corrected chi connectivity index (χ4v) is 5.26. The van der Waals surface area contributed by atoms with Gasteiger partial charge in [0.25, 0.3) is 10.1 Å². The Kier molecular flexibility index (Phi) is 27.9. The lowest BCUT2D eigenvalue weighted by Crippen LogP contribution is -2.14. The minimum atomic E-state index is -4.13. The van der Waals surface area contributed by atoms with Gasteiger partial charge in [0, 0.05) is 12.5 Å². The molecule has 0 aliphatic rings. The molecule has 0 aliphatic carbocycles. The summed E-state index contributed by atoms with van der Waals surface area (Å²) in [6.07, 6.45) is 32.7. The quantitative estimate of drug-likeness (QED) is 0.0277. The lowest BCUT2D eigenvalue weighted by molar-refractivity contribution is -0.148. The smallest absolute Gasteiger partial charge is 0.330 e. The van der Waals surface area contributed by atoms with Gasteiger partial charge < -0.3 is 9.47 Å². The van der Waals surface area contributed by atoms with Gasteiger partial charge in [-0.3, -0.25) is 9.35 Å². The van der Waals surface area contributed by atoms with Gasteiger partial charge in [0.1, 0.15) is 12.4 Å². The van der Waals surface area contributed by atoms with E-state index in [1.807, 2.05) is 13.8 Å². The maximum absolute atomic E-state index is 12.1. The molecule has 0 aliphatic heterocycles. The third kappa shape index (κ3) is 33.1. The molecule has 0 radical (unpaired) electrons. The number of allylic oxidation sites excluding steroid dienone is 3. The van der Waals surface area contributed by atoms with Crippen LogP contribution in [0, 0.1) is 0 Å². The van der Waals surface area contributed by atoms with E-state index in [2.05, 4.69) is 19.1 Å². The zero-order chi connectivity index (χ0) is 32.0. The number of rotatable bonds is 30. The van der Waals surface area contributed by atoms with Crippen LogP contribution >= 0.6 is 0 Å². The zero-order valence-electron chi connectivity index (χ0n) is 27.8. The molecule has 1 unspecified atom stereocenters. The maximum Gasteiger partial charge on any atom is 0.330 e. The molecule has 0 saturated heterocycles. The van der Waals surface area contributed by atoms with Crippen LogP contribution < -0.4 is 0 Å². The summed E-state index contributed by atoms with van der Waals surface area (Å²) in [7, 11) is -4.13. The molecule has 0 spiro atoms. The number of unbranched alkanes of at least 4 members (excludes halogenated alkanes) is 17. The van der Waals surface area contributed by atoms with Gasteiger partial charge in [-0.25, -0.2) is 4.79 Å². The van der Waals surface area contributed by atoms with Gasteiger partial charge in [-0.15, -0.1) is 0 Å². The first-order valence-electron chi connectivity index (χ1n) is 17.3. The molecule has 0 aromatic carbocycles. The molecule has 252 valence electrons. The minimum Gasteiger partial charge on any atom is -0.463 e. The van der Waals surface area contributed by atoms with Crippen LogP contribution in [-0.4, -0.2) is 43.4 Å². The number of esters is 2. The Morgan fingerprint density at radius 1 is 0.721 bits per heavy atom. The summed E-state index contributed by atoms with van der Waals surface area (Å²) in [5.41, 5.74) is 0.856. The zero-order valence-corrected chi connectivity index (χ0v) is 28.6. The van der Waals surface area contributed by atoms with E-state index in [4.69, 9.17) is 14.0 Å². The topological polar surface area (TPSA) is 107 Å². The van der Waals surface area contributed by atoms with Gasteiger partial charge >= 0.3 is 11.9 Å². The van der Waals surface area contributed by atoms with Crippen molar-refractivity contribution in [3.63, 3.8) is 0 Å². The number of ether oxygens (including phenoxy) is 2. The van der Waals surface area contributed by atoms with E-state index in [9.17, 15) is 18.0 Å². The summed E-state index contributed by atoms with van der Waals surface area (Å²) < 4.78 is 40.2. The highest BCUT2D eigenvalue weighted by Gasteiger charge is 2.10. The SMILES string of the molecule is CCCCCCC=CCCCCCCCCCCCCCC(=O)OC(C)CCCCCC(C)=CC(=O)OCCS(=O)(=O)O. The van der Waals surface area contributed by atoms with Crippen LogP contribution in [0.25, 0.3) is 0 Å². The predicted molar refractivity (Wildman–Crippen MR) is 178 cm³/mol. The van der Waals surface area contributed by atoms with Crippen molar-refractivity contribution in [2.45, 2.75) is 175 Å². The Morgan fingerprint density at radius 3 is 1.77 bits per heavy atom. The van der Waals surface area contributed by atoms with Crippen molar-refractivity contribution in [1.82, 2.24) is 0 Å². The average Bonchev–Trinajstić information content (AvgIpc) is 2.93. The van der Waals surface area contributed by atoms with Crippen LogP contribution in [0.15, 0.2) is 23.8 Å². The number of carbonyl (C=O) groups is 2. The van der Waals surface area contributed by atoms with Crippen molar-refractivity contribution in [1.29, 1.82) is 0 Å². The fraction of sp³-hybridized carbons (Fsp3) is 0.829. The van der Waals surface area contributed by atoms with E-state index < -0.39 is 21.8 Å². The molecule has 0 aromatic heterocycles. The summed E-state index contributed by atoms with van der Waals surface area (Å²) in [6.45, 7) is 5.67. The number of hydrogen-bond donors (Lipinski definition) is 1. The van der Waals surface area contributed by atoms with E-state index in [1.54, 1.807) is 0 Å². The van der Waals surface area contributed by atoms with E-state index in [0.717, 1.165) is 50.5 Å². The van der Waals surface area contributed by atoms with Crippen LogP contribution in [0.5, 0.6) is 0 Å². The molecule has 1 atom stereocenters. The largest absolute Gasteiger partial charge is 0.463 e. The second kappa shape index (κ2) is 29.1. The Balaban J connectivity index is 3.53. The molecule has 0 amide bonds. The Bertz CT molecular complexity index is 848. The summed E-state index contributed by atoms with van der Waals surface area (Å²) in [5, 5.41) is 0. The molecule has 8 heteroatoms. The van der Waals surface area contributed by atoms with E-state index in [0.29, 0.717) is 6.42 Å². The highest BCUT2D eigenvalue weighted by atomic mass is 32.2. The third-order valence-corrected chi connectivity index (χ3v) is 8.29. The predicted octanol–water partition coefficient (Wildman–Crippen LogP) is 9.84. The molecule has 0 saturated carbocycles. The fourth-order valence-electron chi connectivity index (χ4n) is 4.96. The molecule has 0 bridgehead atoms. The van der Waals surface area contributed by atoms with Crippen LogP contribution in [0.2, 0.25) is 0 Å². The van der Waals surface area contributed by atoms with Crippen LogP contribution in [0.1, 0.15) is 168 Å². The van der Waals surface area contributed by atoms with E-state index in [1.165, 1.54) is 102 Å². The third-order valence-electron chi connectivity index (χ3n) is 7.61. The lowest BCUT2D eigenvalue weighted by atomic mass is 10.0. The normalized spacial score (nSPS) is 13.0. The van der Waals surface area contributed by atoms with Gasteiger partial charge in [-0.1, -0.05) is 108 Å². The molecular weight excluding hydrogens is 564 g/mol. The standard InChI is InChI=1S/C35H64O7S/c1-4-5-6-7-8-9-10-11-12-13-14-15-16-17-18-19-20-21-25-28-34(36)42-33(3)27-24-22-23-26-32(2)31-35(37)41-29-30-43(38,39)40/h9-10,31,33H,4-8,11-30H2,1-3H3,(H,38,39,40). The van der Waals surface area contributed by atoms with Crippen molar-refractivity contribution in [3.05, 3.63) is 23.8 Å². The molecule has 43 heavy (non-hydrogen) atoms. The molecule has 0 fully saturated rings. The first-order chi connectivity index (χ1) is 20.6. The Morgan fingerprint density at radius 2 is 1.21 bits per heavy atom. The van der Waals surface area contributed by atoms with Gasteiger partial charge in [0.2, 0.25) is 0 Å². The average molecular weight is 629 g/mol. The Labute approximate surface area is 264 Å². The Hall–Kier alpha value is -1.67. The first kappa shape index (κ1) is 41.3. The number of hydrogen-bond acceptors (Lipinski definition) is 6. The molecular formula is C35H64O7S. The van der Waals surface area contributed by atoms with Crippen molar-refractivity contribution in [2.75, 3.05) is 12.4 Å².